The molecule has 110 valence electrons. The summed E-state index contributed by atoms with van der Waals surface area (Å²) >= 11 is 0. The number of hydrogen-bond acceptors (Lipinski definition) is 4. The zero-order valence-electron chi connectivity index (χ0n) is 12.4. The predicted molar refractivity (Wildman–Crippen MR) is 76.5 cm³/mol. The molecule has 1 aromatic carbocycles. The minimum Gasteiger partial charge on any atom is -0.466 e. The van der Waals surface area contributed by atoms with E-state index in [1.807, 2.05) is 25.1 Å². The average Bonchev–Trinajstić information content (AvgIpc) is 2.40. The lowest BCUT2D eigenvalue weighted by Crippen LogP contribution is -2.10. The van der Waals surface area contributed by atoms with Crippen molar-refractivity contribution >= 4 is 11.9 Å². The summed E-state index contributed by atoms with van der Waals surface area (Å²) in [6.45, 7) is 6.35. The number of aryl methyl sites for hydroxylation is 1. The molecule has 0 bridgehead atoms. The van der Waals surface area contributed by atoms with Gasteiger partial charge in [-0.05, 0) is 43.9 Å². The minimum atomic E-state index is -0.224. The van der Waals surface area contributed by atoms with Crippen LogP contribution in [0.15, 0.2) is 18.2 Å². The van der Waals surface area contributed by atoms with Gasteiger partial charge in [-0.15, -0.1) is 0 Å². The van der Waals surface area contributed by atoms with E-state index in [0.717, 1.165) is 16.7 Å². The maximum absolute atomic E-state index is 11.5. The minimum absolute atomic E-state index is 0.192. The van der Waals surface area contributed by atoms with Crippen LogP contribution in [0.2, 0.25) is 0 Å². The van der Waals surface area contributed by atoms with Crippen molar-refractivity contribution in [1.82, 2.24) is 0 Å². The van der Waals surface area contributed by atoms with Gasteiger partial charge >= 0.3 is 11.9 Å². The lowest BCUT2D eigenvalue weighted by molar-refractivity contribution is -0.143. The van der Waals surface area contributed by atoms with Gasteiger partial charge in [-0.3, -0.25) is 9.59 Å². The predicted octanol–water partition coefficient (Wildman–Crippen LogP) is 2.60. The van der Waals surface area contributed by atoms with Crippen LogP contribution in [0, 0.1) is 6.92 Å². The third-order valence-electron chi connectivity index (χ3n) is 3.10. The Kier molecular flexibility index (Phi) is 6.77. The number of rotatable bonds is 7. The molecule has 0 saturated carbocycles. The van der Waals surface area contributed by atoms with Crippen LogP contribution in [0.3, 0.4) is 0 Å². The molecule has 4 nitrogen and oxygen atoms in total. The van der Waals surface area contributed by atoms with Gasteiger partial charge in [0.15, 0.2) is 0 Å². The number of esters is 2. The van der Waals surface area contributed by atoms with E-state index in [0.29, 0.717) is 26.1 Å². The highest BCUT2D eigenvalue weighted by molar-refractivity contribution is 5.73. The number of hydrogen-bond donors (Lipinski definition) is 0. The molecule has 0 aliphatic rings. The molecular weight excluding hydrogens is 256 g/mol. The Hall–Kier alpha value is -1.84. The first-order valence-corrected chi connectivity index (χ1v) is 6.97. The van der Waals surface area contributed by atoms with Crippen LogP contribution in [-0.4, -0.2) is 25.2 Å². The molecule has 0 radical (unpaired) electrons. The van der Waals surface area contributed by atoms with Crippen LogP contribution in [0.1, 0.15) is 37.0 Å². The SMILES string of the molecule is CCOC(=O)CCc1cccc(CC(=O)OCC)c1C. The Labute approximate surface area is 120 Å². The van der Waals surface area contributed by atoms with E-state index in [2.05, 4.69) is 0 Å². The summed E-state index contributed by atoms with van der Waals surface area (Å²) in [6.07, 6.45) is 1.26. The molecule has 1 rings (SSSR count). The average molecular weight is 278 g/mol. The van der Waals surface area contributed by atoms with Crippen molar-refractivity contribution in [2.75, 3.05) is 13.2 Å². The molecule has 0 aliphatic carbocycles. The summed E-state index contributed by atoms with van der Waals surface area (Å²) < 4.78 is 9.87. The third kappa shape index (κ3) is 5.03. The number of carbonyl (C=O) groups excluding carboxylic acids is 2. The summed E-state index contributed by atoms with van der Waals surface area (Å²) in [5.74, 6) is -0.416. The van der Waals surface area contributed by atoms with E-state index in [9.17, 15) is 9.59 Å². The molecule has 4 heteroatoms. The Bertz CT molecular complexity index is 466. The summed E-state index contributed by atoms with van der Waals surface area (Å²) in [4.78, 5) is 22.9. The van der Waals surface area contributed by atoms with E-state index < -0.39 is 0 Å². The van der Waals surface area contributed by atoms with Crippen LogP contribution in [-0.2, 0) is 31.9 Å². The highest BCUT2D eigenvalue weighted by Crippen LogP contribution is 2.17. The molecular formula is C16H22O4. The molecule has 0 unspecified atom stereocenters. The fraction of sp³-hybridized carbons (Fsp3) is 0.500. The molecule has 1 aromatic rings. The first-order valence-electron chi connectivity index (χ1n) is 6.97. The van der Waals surface area contributed by atoms with E-state index in [4.69, 9.17) is 9.47 Å². The summed E-state index contributed by atoms with van der Waals surface area (Å²) in [5.41, 5.74) is 3.06. The van der Waals surface area contributed by atoms with Crippen LogP contribution in [0.4, 0.5) is 0 Å². The quantitative estimate of drug-likeness (QED) is 0.719. The standard InChI is InChI=1S/C16H22O4/c1-4-19-15(17)10-9-13-7-6-8-14(12(13)3)11-16(18)20-5-2/h6-8H,4-5,9-11H2,1-3H3. The van der Waals surface area contributed by atoms with Crippen molar-refractivity contribution in [1.29, 1.82) is 0 Å². The molecule has 0 aliphatic heterocycles. The van der Waals surface area contributed by atoms with Gasteiger partial charge in [0, 0.05) is 6.42 Å². The van der Waals surface area contributed by atoms with Crippen LogP contribution >= 0.6 is 0 Å². The molecule has 0 fully saturated rings. The number of ether oxygens (including phenoxy) is 2. The molecule has 20 heavy (non-hydrogen) atoms. The first-order chi connectivity index (χ1) is 9.58. The number of carbonyl (C=O) groups is 2. The van der Waals surface area contributed by atoms with E-state index >= 15 is 0 Å². The van der Waals surface area contributed by atoms with Gasteiger partial charge in [-0.2, -0.15) is 0 Å². The Balaban J connectivity index is 2.69. The Morgan fingerprint density at radius 3 is 2.25 bits per heavy atom. The number of benzene rings is 1. The molecule has 0 atom stereocenters. The van der Waals surface area contributed by atoms with Crippen molar-refractivity contribution in [3.8, 4) is 0 Å². The van der Waals surface area contributed by atoms with Crippen LogP contribution in [0.5, 0.6) is 0 Å². The van der Waals surface area contributed by atoms with E-state index in [1.54, 1.807) is 13.8 Å². The zero-order valence-corrected chi connectivity index (χ0v) is 12.4. The second-order valence-corrected chi connectivity index (χ2v) is 4.49. The van der Waals surface area contributed by atoms with Gasteiger partial charge in [-0.25, -0.2) is 0 Å². The molecule has 0 saturated heterocycles. The van der Waals surface area contributed by atoms with Crippen LogP contribution in [0.25, 0.3) is 0 Å². The molecule has 0 N–H and O–H groups in total. The Morgan fingerprint density at radius 1 is 1.00 bits per heavy atom. The smallest absolute Gasteiger partial charge is 0.310 e. The van der Waals surface area contributed by atoms with Crippen molar-refractivity contribution in [2.24, 2.45) is 0 Å². The third-order valence-corrected chi connectivity index (χ3v) is 3.10. The van der Waals surface area contributed by atoms with Crippen molar-refractivity contribution in [2.45, 2.75) is 40.0 Å². The van der Waals surface area contributed by atoms with Gasteiger partial charge in [-0.1, -0.05) is 18.2 Å². The monoisotopic (exact) mass is 278 g/mol. The van der Waals surface area contributed by atoms with Gasteiger partial charge in [0.2, 0.25) is 0 Å². The topological polar surface area (TPSA) is 52.6 Å². The molecule has 0 spiro atoms. The van der Waals surface area contributed by atoms with Gasteiger partial charge in [0.05, 0.1) is 19.6 Å². The zero-order chi connectivity index (χ0) is 15.0. The first kappa shape index (κ1) is 16.2. The second kappa shape index (κ2) is 8.35. The summed E-state index contributed by atoms with van der Waals surface area (Å²) in [5, 5.41) is 0. The van der Waals surface area contributed by atoms with Crippen molar-refractivity contribution in [3.63, 3.8) is 0 Å². The molecule has 0 heterocycles. The highest BCUT2D eigenvalue weighted by atomic mass is 16.5. The van der Waals surface area contributed by atoms with Crippen molar-refractivity contribution in [3.05, 3.63) is 34.9 Å². The normalized spacial score (nSPS) is 10.2. The summed E-state index contributed by atoms with van der Waals surface area (Å²) in [6, 6.07) is 5.80. The van der Waals surface area contributed by atoms with Crippen molar-refractivity contribution < 1.29 is 19.1 Å². The van der Waals surface area contributed by atoms with Gasteiger partial charge < -0.3 is 9.47 Å². The van der Waals surface area contributed by atoms with Gasteiger partial charge in [0.1, 0.15) is 0 Å². The highest BCUT2D eigenvalue weighted by Gasteiger charge is 2.10. The second-order valence-electron chi connectivity index (χ2n) is 4.49. The maximum atomic E-state index is 11.5. The summed E-state index contributed by atoms with van der Waals surface area (Å²) in [7, 11) is 0. The Morgan fingerprint density at radius 2 is 1.60 bits per heavy atom. The molecule has 0 amide bonds. The fourth-order valence-electron chi connectivity index (χ4n) is 2.04. The van der Waals surface area contributed by atoms with Gasteiger partial charge in [0.25, 0.3) is 0 Å². The van der Waals surface area contributed by atoms with Crippen LogP contribution < -0.4 is 0 Å². The lowest BCUT2D eigenvalue weighted by atomic mass is 9.97. The largest absolute Gasteiger partial charge is 0.466 e. The lowest BCUT2D eigenvalue weighted by Gasteiger charge is -2.11. The maximum Gasteiger partial charge on any atom is 0.310 e. The van der Waals surface area contributed by atoms with E-state index in [-0.39, 0.29) is 18.4 Å². The fourth-order valence-corrected chi connectivity index (χ4v) is 2.04. The van der Waals surface area contributed by atoms with E-state index in [1.165, 1.54) is 0 Å². The molecule has 0 aromatic heterocycles.